The number of methoxy groups -OCH3 is 1. The molecule has 182 valence electrons. The molecule has 1 aromatic heterocycles. The van der Waals surface area contributed by atoms with Gasteiger partial charge in [-0.1, -0.05) is 32.0 Å². The fourth-order valence-electron chi connectivity index (χ4n) is 4.26. The lowest BCUT2D eigenvalue weighted by Gasteiger charge is -2.28. The summed E-state index contributed by atoms with van der Waals surface area (Å²) in [6.07, 6.45) is 0.944. The molecule has 0 fully saturated rings. The second-order valence-corrected chi connectivity index (χ2v) is 8.99. The van der Waals surface area contributed by atoms with Crippen LogP contribution in [0.25, 0.3) is 10.9 Å². The maximum atomic E-state index is 13.0. The number of hydrogen-bond acceptors (Lipinski definition) is 4. The van der Waals surface area contributed by atoms with Crippen molar-refractivity contribution in [3.63, 3.8) is 0 Å². The first kappa shape index (κ1) is 25.7. The molecule has 0 aliphatic carbocycles. The van der Waals surface area contributed by atoms with Gasteiger partial charge in [0.05, 0.1) is 19.3 Å². The van der Waals surface area contributed by atoms with Crippen molar-refractivity contribution < 1.29 is 4.74 Å². The Morgan fingerprint density at radius 3 is 2.53 bits per heavy atom. The first-order chi connectivity index (χ1) is 16.4. The Labute approximate surface area is 207 Å². The minimum atomic E-state index is -0.0775. The van der Waals surface area contributed by atoms with Crippen LogP contribution >= 0.6 is 12.2 Å². The molecule has 7 heteroatoms. The van der Waals surface area contributed by atoms with Gasteiger partial charge in [0, 0.05) is 23.0 Å². The zero-order chi connectivity index (χ0) is 24.7. The summed E-state index contributed by atoms with van der Waals surface area (Å²) in [5.74, 6) is 0.725. The van der Waals surface area contributed by atoms with E-state index in [9.17, 15) is 4.79 Å². The van der Waals surface area contributed by atoms with Gasteiger partial charge in [0.25, 0.3) is 5.56 Å². The van der Waals surface area contributed by atoms with Crippen LogP contribution in [0, 0.1) is 13.8 Å². The van der Waals surface area contributed by atoms with Crippen molar-refractivity contribution in [2.75, 3.05) is 38.6 Å². The SMILES string of the molecule is CCN(CC)CCCN(Cc1cc2c(C)cc(C)cc2[nH]c1=O)C(=S)Nc1ccccc1OC. The zero-order valence-corrected chi connectivity index (χ0v) is 21.7. The molecular weight excluding hydrogens is 444 g/mol. The molecule has 0 atom stereocenters. The summed E-state index contributed by atoms with van der Waals surface area (Å²) in [7, 11) is 1.64. The lowest BCUT2D eigenvalue weighted by atomic mass is 10.0. The van der Waals surface area contributed by atoms with Gasteiger partial charge in [-0.2, -0.15) is 0 Å². The molecule has 0 saturated heterocycles. The van der Waals surface area contributed by atoms with E-state index in [0.29, 0.717) is 17.2 Å². The van der Waals surface area contributed by atoms with Crippen molar-refractivity contribution in [2.24, 2.45) is 0 Å². The van der Waals surface area contributed by atoms with Crippen LogP contribution in [0.15, 0.2) is 47.3 Å². The van der Waals surface area contributed by atoms with E-state index < -0.39 is 0 Å². The summed E-state index contributed by atoms with van der Waals surface area (Å²) < 4.78 is 5.47. The molecule has 34 heavy (non-hydrogen) atoms. The molecule has 2 N–H and O–H groups in total. The van der Waals surface area contributed by atoms with Gasteiger partial charge in [0.2, 0.25) is 0 Å². The summed E-state index contributed by atoms with van der Waals surface area (Å²) in [5, 5.41) is 4.97. The molecule has 0 spiro atoms. The Morgan fingerprint density at radius 2 is 1.82 bits per heavy atom. The number of hydrogen-bond donors (Lipinski definition) is 2. The number of pyridine rings is 1. The van der Waals surface area contributed by atoms with Crippen LogP contribution in [0.3, 0.4) is 0 Å². The van der Waals surface area contributed by atoms with Gasteiger partial charge in [-0.05, 0) is 87.5 Å². The van der Waals surface area contributed by atoms with Crippen LogP contribution < -0.4 is 15.6 Å². The van der Waals surface area contributed by atoms with Gasteiger partial charge < -0.3 is 24.8 Å². The number of aromatic amines is 1. The Kier molecular flexibility index (Phi) is 9.07. The van der Waals surface area contributed by atoms with Crippen molar-refractivity contribution in [3.05, 3.63) is 69.5 Å². The number of aryl methyl sites for hydroxylation is 2. The predicted octanol–water partition coefficient (Wildman–Crippen LogP) is 5.08. The molecule has 0 radical (unpaired) electrons. The zero-order valence-electron chi connectivity index (χ0n) is 20.9. The third-order valence-electron chi connectivity index (χ3n) is 6.18. The number of nitrogens with one attached hydrogen (secondary N) is 2. The van der Waals surface area contributed by atoms with E-state index in [-0.39, 0.29) is 5.56 Å². The second kappa shape index (κ2) is 12.0. The van der Waals surface area contributed by atoms with E-state index >= 15 is 0 Å². The lowest BCUT2D eigenvalue weighted by molar-refractivity contribution is 0.281. The van der Waals surface area contributed by atoms with Gasteiger partial charge in [-0.25, -0.2) is 0 Å². The number of thiocarbonyl (C=S) groups is 1. The number of para-hydroxylation sites is 2. The van der Waals surface area contributed by atoms with E-state index in [4.69, 9.17) is 17.0 Å². The molecule has 3 rings (SSSR count). The van der Waals surface area contributed by atoms with Gasteiger partial charge in [0.15, 0.2) is 5.11 Å². The highest BCUT2D eigenvalue weighted by atomic mass is 32.1. The van der Waals surface area contributed by atoms with E-state index in [1.165, 1.54) is 0 Å². The molecule has 2 aromatic carbocycles. The molecule has 1 heterocycles. The highest BCUT2D eigenvalue weighted by Crippen LogP contribution is 2.24. The Morgan fingerprint density at radius 1 is 1.09 bits per heavy atom. The van der Waals surface area contributed by atoms with E-state index in [1.54, 1.807) is 7.11 Å². The molecular formula is C27H36N4O2S. The van der Waals surface area contributed by atoms with Crippen LogP contribution in [0.4, 0.5) is 5.69 Å². The number of nitrogens with zero attached hydrogens (tertiary/aromatic N) is 2. The molecule has 6 nitrogen and oxygen atoms in total. The average molecular weight is 481 g/mol. The Bertz CT molecular complexity index is 1190. The number of rotatable bonds is 10. The highest BCUT2D eigenvalue weighted by Gasteiger charge is 2.16. The molecule has 0 saturated carbocycles. The lowest BCUT2D eigenvalue weighted by Crippen LogP contribution is -2.38. The number of anilines is 1. The number of ether oxygens (including phenoxy) is 1. The van der Waals surface area contributed by atoms with Gasteiger partial charge in [-0.15, -0.1) is 0 Å². The van der Waals surface area contributed by atoms with Gasteiger partial charge >= 0.3 is 0 Å². The van der Waals surface area contributed by atoms with Gasteiger partial charge in [-0.3, -0.25) is 4.79 Å². The number of aromatic nitrogens is 1. The van der Waals surface area contributed by atoms with E-state index in [2.05, 4.69) is 46.9 Å². The maximum absolute atomic E-state index is 13.0. The summed E-state index contributed by atoms with van der Waals surface area (Å²) in [6, 6.07) is 13.9. The molecule has 0 aliphatic rings. The van der Waals surface area contributed by atoms with Crippen molar-refractivity contribution in [2.45, 2.75) is 40.7 Å². The fraction of sp³-hybridized carbons (Fsp3) is 0.407. The van der Waals surface area contributed by atoms with E-state index in [0.717, 1.165) is 66.1 Å². The third kappa shape index (κ3) is 6.36. The summed E-state index contributed by atoms with van der Waals surface area (Å²) in [4.78, 5) is 20.5. The van der Waals surface area contributed by atoms with Crippen LogP contribution in [0.2, 0.25) is 0 Å². The Hall–Kier alpha value is -2.90. The summed E-state index contributed by atoms with van der Waals surface area (Å²) in [5.41, 5.74) is 4.58. The minimum absolute atomic E-state index is 0.0775. The topological polar surface area (TPSA) is 60.6 Å². The summed E-state index contributed by atoms with van der Waals surface area (Å²) >= 11 is 5.82. The Balaban J connectivity index is 1.87. The smallest absolute Gasteiger partial charge is 0.253 e. The van der Waals surface area contributed by atoms with Crippen molar-refractivity contribution in [1.82, 2.24) is 14.8 Å². The second-order valence-electron chi connectivity index (χ2n) is 8.60. The fourth-order valence-corrected chi connectivity index (χ4v) is 4.52. The number of benzene rings is 2. The third-order valence-corrected chi connectivity index (χ3v) is 6.54. The molecule has 0 bridgehead atoms. The normalized spacial score (nSPS) is 11.1. The first-order valence-electron chi connectivity index (χ1n) is 11.9. The van der Waals surface area contributed by atoms with Crippen LogP contribution in [-0.2, 0) is 6.54 Å². The van der Waals surface area contributed by atoms with Crippen molar-refractivity contribution >= 4 is 33.9 Å². The molecule has 0 aliphatic heterocycles. The number of H-pyrrole nitrogens is 1. The minimum Gasteiger partial charge on any atom is -0.495 e. The first-order valence-corrected chi connectivity index (χ1v) is 12.3. The number of fused-ring (bicyclic) bond motifs is 1. The quantitative estimate of drug-likeness (QED) is 0.395. The average Bonchev–Trinajstić information content (AvgIpc) is 2.82. The molecule has 3 aromatic rings. The predicted molar refractivity (Wildman–Crippen MR) is 146 cm³/mol. The molecule has 0 unspecified atom stereocenters. The maximum Gasteiger partial charge on any atom is 0.253 e. The van der Waals surface area contributed by atoms with Crippen LogP contribution in [-0.4, -0.2) is 53.2 Å². The largest absolute Gasteiger partial charge is 0.495 e. The van der Waals surface area contributed by atoms with Crippen molar-refractivity contribution in [1.29, 1.82) is 0 Å². The van der Waals surface area contributed by atoms with Crippen LogP contribution in [0.1, 0.15) is 37.0 Å². The highest BCUT2D eigenvalue weighted by molar-refractivity contribution is 7.80. The summed E-state index contributed by atoms with van der Waals surface area (Å²) in [6.45, 7) is 12.6. The molecule has 0 amide bonds. The monoisotopic (exact) mass is 480 g/mol. The van der Waals surface area contributed by atoms with E-state index in [1.807, 2.05) is 43.3 Å². The van der Waals surface area contributed by atoms with Gasteiger partial charge in [0.1, 0.15) is 5.75 Å². The van der Waals surface area contributed by atoms with Crippen molar-refractivity contribution in [3.8, 4) is 5.75 Å². The van der Waals surface area contributed by atoms with Crippen LogP contribution in [0.5, 0.6) is 5.75 Å². The standard InChI is InChI=1S/C27H36N4O2S/c1-6-30(7-2)13-10-14-31(27(34)29-23-11-8-9-12-25(23)33-5)18-21-17-22-20(4)15-19(3)16-24(22)28-26(21)32/h8-9,11-12,15-17H,6-7,10,13-14,18H2,1-5H3,(H,28,32)(H,29,34).